The molecule has 1 amide bonds. The van der Waals surface area contributed by atoms with Crippen molar-refractivity contribution in [2.75, 3.05) is 13.2 Å². The summed E-state index contributed by atoms with van der Waals surface area (Å²) < 4.78 is 4.77. The van der Waals surface area contributed by atoms with E-state index in [1.54, 1.807) is 13.8 Å². The Hall–Kier alpha value is -1.10. The summed E-state index contributed by atoms with van der Waals surface area (Å²) in [6.07, 6.45) is 2.28. The highest BCUT2D eigenvalue weighted by molar-refractivity contribution is 5.85. The van der Waals surface area contributed by atoms with Crippen molar-refractivity contribution in [2.24, 2.45) is 0 Å². The van der Waals surface area contributed by atoms with Crippen LogP contribution in [0.4, 0.5) is 0 Å². The molecule has 0 bridgehead atoms. The zero-order valence-corrected chi connectivity index (χ0v) is 9.21. The first-order valence-electron chi connectivity index (χ1n) is 5.33. The van der Waals surface area contributed by atoms with Crippen molar-refractivity contribution < 1.29 is 14.3 Å². The van der Waals surface area contributed by atoms with Gasteiger partial charge < -0.3 is 15.4 Å². The van der Waals surface area contributed by atoms with Crippen LogP contribution in [0.25, 0.3) is 0 Å². The van der Waals surface area contributed by atoms with Gasteiger partial charge in [-0.1, -0.05) is 0 Å². The third kappa shape index (κ3) is 4.78. The maximum Gasteiger partial charge on any atom is 0.328 e. The Labute approximate surface area is 89.6 Å². The van der Waals surface area contributed by atoms with Crippen LogP contribution < -0.4 is 10.6 Å². The third-order valence-corrected chi connectivity index (χ3v) is 2.15. The predicted octanol–water partition coefficient (Wildman–Crippen LogP) is -0.194. The first-order chi connectivity index (χ1) is 7.13. The van der Waals surface area contributed by atoms with Crippen molar-refractivity contribution in [3.8, 4) is 0 Å². The summed E-state index contributed by atoms with van der Waals surface area (Å²) in [7, 11) is 0. The number of carbonyl (C=O) groups excluding carboxylic acids is 2. The molecular weight excluding hydrogens is 196 g/mol. The minimum Gasteiger partial charge on any atom is -0.464 e. The van der Waals surface area contributed by atoms with Crippen molar-refractivity contribution in [2.45, 2.75) is 38.8 Å². The molecule has 0 heterocycles. The molecule has 2 N–H and O–H groups in total. The van der Waals surface area contributed by atoms with E-state index in [1.165, 1.54) is 0 Å². The lowest BCUT2D eigenvalue weighted by Gasteiger charge is -2.12. The van der Waals surface area contributed by atoms with Crippen LogP contribution in [0.1, 0.15) is 26.7 Å². The zero-order valence-electron chi connectivity index (χ0n) is 9.21. The normalized spacial score (nSPS) is 16.9. The largest absolute Gasteiger partial charge is 0.464 e. The molecule has 0 spiro atoms. The van der Waals surface area contributed by atoms with Crippen LogP contribution in [0.3, 0.4) is 0 Å². The standard InChI is InChI=1S/C10H18N2O3/c1-3-15-10(14)7(2)12-9(13)6-11-8-4-5-8/h7-8,11H,3-6H2,1-2H3,(H,12,13). The Morgan fingerprint density at radius 1 is 1.47 bits per heavy atom. The van der Waals surface area contributed by atoms with E-state index in [0.29, 0.717) is 12.6 Å². The van der Waals surface area contributed by atoms with Gasteiger partial charge in [0.05, 0.1) is 13.2 Å². The van der Waals surface area contributed by atoms with Gasteiger partial charge in [0.15, 0.2) is 0 Å². The van der Waals surface area contributed by atoms with Crippen molar-refractivity contribution in [3.63, 3.8) is 0 Å². The van der Waals surface area contributed by atoms with Gasteiger partial charge in [-0.15, -0.1) is 0 Å². The van der Waals surface area contributed by atoms with Gasteiger partial charge in [-0.05, 0) is 26.7 Å². The highest BCUT2D eigenvalue weighted by Crippen LogP contribution is 2.17. The number of esters is 1. The van der Waals surface area contributed by atoms with E-state index in [4.69, 9.17) is 4.74 Å². The fourth-order valence-corrected chi connectivity index (χ4v) is 1.14. The van der Waals surface area contributed by atoms with Gasteiger partial charge in [-0.2, -0.15) is 0 Å². The molecule has 1 saturated carbocycles. The maximum atomic E-state index is 11.3. The number of amides is 1. The lowest BCUT2D eigenvalue weighted by molar-refractivity contribution is -0.146. The Morgan fingerprint density at radius 2 is 2.13 bits per heavy atom. The van der Waals surface area contributed by atoms with Crippen LogP contribution in [0.5, 0.6) is 0 Å². The predicted molar refractivity (Wildman–Crippen MR) is 55.3 cm³/mol. The monoisotopic (exact) mass is 214 g/mol. The lowest BCUT2D eigenvalue weighted by Crippen LogP contribution is -2.43. The Balaban J connectivity index is 2.14. The molecule has 0 radical (unpaired) electrons. The second-order valence-electron chi connectivity index (χ2n) is 3.70. The molecule has 1 fully saturated rings. The van der Waals surface area contributed by atoms with E-state index in [9.17, 15) is 9.59 Å². The molecule has 5 nitrogen and oxygen atoms in total. The Bertz CT molecular complexity index is 239. The van der Waals surface area contributed by atoms with Crippen LogP contribution in [0.2, 0.25) is 0 Å². The van der Waals surface area contributed by atoms with Crippen LogP contribution in [0, 0.1) is 0 Å². The molecule has 5 heteroatoms. The van der Waals surface area contributed by atoms with Crippen molar-refractivity contribution in [1.82, 2.24) is 10.6 Å². The SMILES string of the molecule is CCOC(=O)C(C)NC(=O)CNC1CC1. The van der Waals surface area contributed by atoms with Crippen molar-refractivity contribution in [3.05, 3.63) is 0 Å². The number of carbonyl (C=O) groups is 2. The molecule has 0 saturated heterocycles. The molecule has 0 aromatic rings. The smallest absolute Gasteiger partial charge is 0.328 e. The van der Waals surface area contributed by atoms with Gasteiger partial charge >= 0.3 is 5.97 Å². The van der Waals surface area contributed by atoms with E-state index < -0.39 is 12.0 Å². The van der Waals surface area contributed by atoms with E-state index in [0.717, 1.165) is 12.8 Å². The molecule has 1 aliphatic rings. The highest BCUT2D eigenvalue weighted by atomic mass is 16.5. The molecular formula is C10H18N2O3. The first kappa shape index (κ1) is 12.0. The molecule has 1 rings (SSSR count). The quantitative estimate of drug-likeness (QED) is 0.601. The number of hydrogen-bond donors (Lipinski definition) is 2. The van der Waals surface area contributed by atoms with Crippen LogP contribution >= 0.6 is 0 Å². The summed E-state index contributed by atoms with van der Waals surface area (Å²) >= 11 is 0. The summed E-state index contributed by atoms with van der Waals surface area (Å²) in [5.41, 5.74) is 0. The maximum absolute atomic E-state index is 11.3. The summed E-state index contributed by atoms with van der Waals surface area (Å²) in [6, 6.07) is -0.0768. The molecule has 1 atom stereocenters. The van der Waals surface area contributed by atoms with Gasteiger partial charge in [-0.25, -0.2) is 4.79 Å². The van der Waals surface area contributed by atoms with E-state index in [2.05, 4.69) is 10.6 Å². The van der Waals surface area contributed by atoms with Gasteiger partial charge in [0.25, 0.3) is 0 Å². The molecule has 0 aromatic heterocycles. The molecule has 1 unspecified atom stereocenters. The van der Waals surface area contributed by atoms with Gasteiger partial charge in [0, 0.05) is 6.04 Å². The lowest BCUT2D eigenvalue weighted by atomic mass is 10.3. The summed E-state index contributed by atoms with van der Waals surface area (Å²) in [5.74, 6) is -0.556. The van der Waals surface area contributed by atoms with E-state index >= 15 is 0 Å². The summed E-state index contributed by atoms with van der Waals surface area (Å²) in [6.45, 7) is 3.96. The van der Waals surface area contributed by atoms with Crippen molar-refractivity contribution in [1.29, 1.82) is 0 Å². The molecule has 86 valence electrons. The highest BCUT2D eigenvalue weighted by Gasteiger charge is 2.22. The molecule has 0 aliphatic heterocycles. The fraction of sp³-hybridized carbons (Fsp3) is 0.800. The third-order valence-electron chi connectivity index (χ3n) is 2.15. The first-order valence-corrected chi connectivity index (χ1v) is 5.33. The number of nitrogens with one attached hydrogen (secondary N) is 2. The van der Waals surface area contributed by atoms with Crippen LogP contribution in [-0.4, -0.2) is 37.1 Å². The second-order valence-corrected chi connectivity index (χ2v) is 3.70. The Morgan fingerprint density at radius 3 is 2.67 bits per heavy atom. The van der Waals surface area contributed by atoms with Gasteiger partial charge in [0.2, 0.25) is 5.91 Å². The average Bonchev–Trinajstić information content (AvgIpc) is 2.98. The van der Waals surface area contributed by atoms with Gasteiger partial charge in [0.1, 0.15) is 6.04 Å². The second kappa shape index (κ2) is 5.70. The number of hydrogen-bond acceptors (Lipinski definition) is 4. The Kier molecular flexibility index (Phi) is 4.55. The summed E-state index contributed by atoms with van der Waals surface area (Å²) in [5, 5.41) is 5.64. The van der Waals surface area contributed by atoms with Crippen molar-refractivity contribution >= 4 is 11.9 Å². The summed E-state index contributed by atoms with van der Waals surface area (Å²) in [4.78, 5) is 22.5. The topological polar surface area (TPSA) is 67.4 Å². The number of ether oxygens (including phenoxy) is 1. The molecule has 1 aliphatic carbocycles. The van der Waals surface area contributed by atoms with E-state index in [1.807, 2.05) is 0 Å². The average molecular weight is 214 g/mol. The minimum atomic E-state index is -0.571. The molecule has 0 aromatic carbocycles. The zero-order chi connectivity index (χ0) is 11.3. The fourth-order valence-electron chi connectivity index (χ4n) is 1.14. The van der Waals surface area contributed by atoms with Crippen LogP contribution in [-0.2, 0) is 14.3 Å². The minimum absolute atomic E-state index is 0.164. The van der Waals surface area contributed by atoms with Gasteiger partial charge in [-0.3, -0.25) is 4.79 Å². The number of rotatable bonds is 6. The molecule has 15 heavy (non-hydrogen) atoms. The van der Waals surface area contributed by atoms with Crippen LogP contribution in [0.15, 0.2) is 0 Å². The van der Waals surface area contributed by atoms with E-state index in [-0.39, 0.29) is 12.5 Å².